The molecule has 9 heteroatoms. The average Bonchev–Trinajstić information content (AvgIpc) is 3.35. The molecule has 1 aliphatic heterocycles. The van der Waals surface area contributed by atoms with Gasteiger partial charge in [0.15, 0.2) is 11.8 Å². The maximum atomic E-state index is 12.1. The van der Waals surface area contributed by atoms with Gasteiger partial charge < -0.3 is 24.8 Å². The Bertz CT molecular complexity index is 732. The van der Waals surface area contributed by atoms with Crippen LogP contribution in [0.15, 0.2) is 4.99 Å². The summed E-state index contributed by atoms with van der Waals surface area (Å²) in [5.41, 5.74) is -0.493. The number of aryl methyl sites for hydroxylation is 1. The lowest BCUT2D eigenvalue weighted by molar-refractivity contribution is 0.0507. The average molecular weight is 406 g/mol. The van der Waals surface area contributed by atoms with Crippen molar-refractivity contribution in [1.82, 2.24) is 30.3 Å². The monoisotopic (exact) mass is 405 g/mol. The molecule has 1 aliphatic carbocycles. The number of carbonyl (C=O) groups is 1. The molecule has 0 aromatic carbocycles. The molecule has 1 aromatic heterocycles. The highest BCUT2D eigenvalue weighted by molar-refractivity contribution is 5.81. The van der Waals surface area contributed by atoms with Crippen molar-refractivity contribution in [2.75, 3.05) is 13.1 Å². The van der Waals surface area contributed by atoms with Gasteiger partial charge in [0.2, 0.25) is 0 Å². The third-order valence-corrected chi connectivity index (χ3v) is 5.45. The molecule has 29 heavy (non-hydrogen) atoms. The van der Waals surface area contributed by atoms with Crippen LogP contribution in [0.3, 0.4) is 0 Å². The molecule has 9 nitrogen and oxygen atoms in total. The first-order valence-corrected chi connectivity index (χ1v) is 10.6. The highest BCUT2D eigenvalue weighted by atomic mass is 16.6. The van der Waals surface area contributed by atoms with E-state index in [1.165, 1.54) is 25.7 Å². The minimum absolute atomic E-state index is 0.0532. The van der Waals surface area contributed by atoms with Crippen molar-refractivity contribution in [2.45, 2.75) is 84.0 Å². The Balaban J connectivity index is 1.63. The Hall–Kier alpha value is -2.32. The van der Waals surface area contributed by atoms with E-state index in [4.69, 9.17) is 9.73 Å². The summed E-state index contributed by atoms with van der Waals surface area (Å²) >= 11 is 0. The van der Waals surface area contributed by atoms with Crippen molar-refractivity contribution >= 4 is 12.1 Å². The number of hydrogen-bond donors (Lipinski definition) is 2. The van der Waals surface area contributed by atoms with E-state index in [0.717, 1.165) is 37.1 Å². The zero-order valence-electron chi connectivity index (χ0n) is 18.4. The second-order valence-electron chi connectivity index (χ2n) is 9.07. The second kappa shape index (κ2) is 9.00. The molecule has 1 atom stereocenters. The molecular formula is C20H35N7O2. The molecule has 0 bridgehead atoms. The van der Waals surface area contributed by atoms with E-state index in [0.29, 0.717) is 12.6 Å². The van der Waals surface area contributed by atoms with E-state index in [-0.39, 0.29) is 12.1 Å². The number of likely N-dealkylation sites (tertiary alicyclic amines) is 1. The first kappa shape index (κ1) is 21.4. The smallest absolute Gasteiger partial charge is 0.407 e. The Morgan fingerprint density at radius 1 is 1.17 bits per heavy atom. The number of carbonyl (C=O) groups excluding carboxylic acids is 1. The zero-order valence-corrected chi connectivity index (χ0v) is 18.4. The highest BCUT2D eigenvalue weighted by Gasteiger charge is 2.29. The van der Waals surface area contributed by atoms with Crippen molar-refractivity contribution in [2.24, 2.45) is 12.0 Å². The summed E-state index contributed by atoms with van der Waals surface area (Å²) in [7, 11) is 1.96. The van der Waals surface area contributed by atoms with Crippen molar-refractivity contribution < 1.29 is 9.53 Å². The molecule has 2 fully saturated rings. The van der Waals surface area contributed by atoms with Crippen LogP contribution in [0, 0.1) is 6.92 Å². The Morgan fingerprint density at radius 2 is 1.90 bits per heavy atom. The van der Waals surface area contributed by atoms with Gasteiger partial charge in [0, 0.05) is 26.2 Å². The van der Waals surface area contributed by atoms with Crippen molar-refractivity contribution in [3.63, 3.8) is 0 Å². The lowest BCUT2D eigenvalue weighted by Crippen LogP contribution is -2.46. The number of nitrogens with zero attached hydrogens (tertiary/aromatic N) is 5. The summed E-state index contributed by atoms with van der Waals surface area (Å²) in [6.07, 6.45) is 5.38. The van der Waals surface area contributed by atoms with Crippen molar-refractivity contribution in [1.29, 1.82) is 0 Å². The summed E-state index contributed by atoms with van der Waals surface area (Å²) < 4.78 is 7.36. The summed E-state index contributed by atoms with van der Waals surface area (Å²) in [4.78, 5) is 19.2. The highest BCUT2D eigenvalue weighted by Crippen LogP contribution is 2.19. The quantitative estimate of drug-likeness (QED) is 0.588. The normalized spacial score (nSPS) is 20.9. The van der Waals surface area contributed by atoms with E-state index in [1.54, 1.807) is 0 Å². The van der Waals surface area contributed by atoms with Crippen LogP contribution in [0.4, 0.5) is 4.79 Å². The van der Waals surface area contributed by atoms with Crippen LogP contribution in [0.2, 0.25) is 0 Å². The van der Waals surface area contributed by atoms with Gasteiger partial charge in [-0.2, -0.15) is 0 Å². The first-order valence-electron chi connectivity index (χ1n) is 10.6. The maximum Gasteiger partial charge on any atom is 0.407 e. The number of aromatic nitrogens is 3. The molecule has 3 rings (SSSR count). The fourth-order valence-corrected chi connectivity index (χ4v) is 3.77. The summed E-state index contributed by atoms with van der Waals surface area (Å²) in [5.74, 6) is 2.62. The molecule has 1 saturated heterocycles. The van der Waals surface area contributed by atoms with Gasteiger partial charge in [-0.15, -0.1) is 10.2 Å². The van der Waals surface area contributed by atoms with Crippen molar-refractivity contribution in [3.8, 4) is 0 Å². The van der Waals surface area contributed by atoms with Gasteiger partial charge in [0.25, 0.3) is 0 Å². The largest absolute Gasteiger partial charge is 0.444 e. The molecule has 1 saturated carbocycles. The fourth-order valence-electron chi connectivity index (χ4n) is 3.77. The number of hydrogen-bond acceptors (Lipinski definition) is 5. The summed E-state index contributed by atoms with van der Waals surface area (Å²) in [6.45, 7) is 9.60. The van der Waals surface area contributed by atoms with E-state index < -0.39 is 5.60 Å². The molecule has 1 unspecified atom stereocenters. The van der Waals surface area contributed by atoms with Gasteiger partial charge in [-0.3, -0.25) is 0 Å². The number of rotatable bonds is 4. The number of nitrogens with one attached hydrogen (secondary N) is 2. The summed E-state index contributed by atoms with van der Waals surface area (Å²) in [5, 5.41) is 15.0. The zero-order chi connectivity index (χ0) is 21.0. The molecular weight excluding hydrogens is 370 g/mol. The predicted octanol–water partition coefficient (Wildman–Crippen LogP) is 2.11. The van der Waals surface area contributed by atoms with Crippen LogP contribution in [0.1, 0.15) is 64.5 Å². The minimum atomic E-state index is -0.493. The lowest BCUT2D eigenvalue weighted by Gasteiger charge is -2.25. The van der Waals surface area contributed by atoms with Gasteiger partial charge in [-0.25, -0.2) is 9.79 Å². The minimum Gasteiger partial charge on any atom is -0.444 e. The van der Waals surface area contributed by atoms with Crippen LogP contribution in [0.5, 0.6) is 0 Å². The maximum absolute atomic E-state index is 12.1. The molecule has 0 spiro atoms. The third-order valence-electron chi connectivity index (χ3n) is 5.45. The van der Waals surface area contributed by atoms with Crippen LogP contribution in [-0.4, -0.2) is 62.5 Å². The Morgan fingerprint density at radius 3 is 2.52 bits per heavy atom. The van der Waals surface area contributed by atoms with Gasteiger partial charge in [-0.05, 0) is 47.0 Å². The number of alkyl carbamates (subject to hydrolysis) is 1. The predicted molar refractivity (Wildman–Crippen MR) is 112 cm³/mol. The van der Waals surface area contributed by atoms with Crippen LogP contribution >= 0.6 is 0 Å². The summed E-state index contributed by atoms with van der Waals surface area (Å²) in [6, 6.07) is 0.519. The Labute approximate surface area is 173 Å². The van der Waals surface area contributed by atoms with E-state index in [2.05, 4.69) is 25.7 Å². The fraction of sp³-hybridized carbons (Fsp3) is 0.800. The van der Waals surface area contributed by atoms with Crippen LogP contribution in [-0.2, 0) is 18.3 Å². The molecule has 1 aromatic rings. The number of ether oxygens (including phenoxy) is 1. The topological polar surface area (TPSA) is 96.7 Å². The molecule has 1 amide bonds. The van der Waals surface area contributed by atoms with Crippen molar-refractivity contribution in [3.05, 3.63) is 11.6 Å². The SMILES string of the molecule is Cc1nnc(CN=C(NC2CCCC2)N2CCC(NC(=O)OC(C)(C)C)C2)n1C. The standard InChI is InChI=1S/C20H35N7O2/c1-14-24-25-17(26(14)5)12-21-18(22-15-8-6-7-9-15)27-11-10-16(13-27)23-19(28)29-20(2,3)4/h15-16H,6-13H2,1-5H3,(H,21,22)(H,23,28). The molecule has 2 N–H and O–H groups in total. The molecule has 2 heterocycles. The van der Waals surface area contributed by atoms with Gasteiger partial charge in [0.05, 0.1) is 6.04 Å². The molecule has 162 valence electrons. The van der Waals surface area contributed by atoms with E-state index in [9.17, 15) is 4.79 Å². The Kier molecular flexibility index (Phi) is 6.64. The number of amides is 1. The van der Waals surface area contributed by atoms with E-state index in [1.807, 2.05) is 39.3 Å². The van der Waals surface area contributed by atoms with Gasteiger partial charge in [0.1, 0.15) is 18.0 Å². The lowest BCUT2D eigenvalue weighted by atomic mass is 10.2. The molecule has 2 aliphatic rings. The van der Waals surface area contributed by atoms with Crippen LogP contribution < -0.4 is 10.6 Å². The van der Waals surface area contributed by atoms with E-state index >= 15 is 0 Å². The van der Waals surface area contributed by atoms with Gasteiger partial charge in [-0.1, -0.05) is 12.8 Å². The molecule has 0 radical (unpaired) electrons. The van der Waals surface area contributed by atoms with Crippen LogP contribution in [0.25, 0.3) is 0 Å². The third kappa shape index (κ3) is 6.08. The number of aliphatic imine (C=N–C) groups is 1. The number of guanidine groups is 1. The van der Waals surface area contributed by atoms with Gasteiger partial charge >= 0.3 is 6.09 Å². The first-order chi connectivity index (χ1) is 13.7. The second-order valence-corrected chi connectivity index (χ2v) is 9.07.